The van der Waals surface area contributed by atoms with Crippen molar-refractivity contribution < 1.29 is 14.7 Å². The number of H-pyrrole nitrogens is 1. The van der Waals surface area contributed by atoms with Gasteiger partial charge in [-0.25, -0.2) is 9.78 Å². The van der Waals surface area contributed by atoms with Crippen LogP contribution in [-0.4, -0.2) is 52.6 Å². The zero-order chi connectivity index (χ0) is 26.5. The number of aromatic amines is 1. The van der Waals surface area contributed by atoms with E-state index in [1.54, 1.807) is 0 Å². The minimum atomic E-state index is -0.986. The van der Waals surface area contributed by atoms with E-state index in [2.05, 4.69) is 37.6 Å². The molecule has 0 radical (unpaired) electrons. The number of carbonyl (C=O) groups is 2. The van der Waals surface area contributed by atoms with Crippen LogP contribution < -0.4 is 15.5 Å². The second kappa shape index (κ2) is 11.5. The first-order chi connectivity index (χ1) is 18.4. The molecule has 4 N–H and O–H groups in total. The van der Waals surface area contributed by atoms with Gasteiger partial charge in [-0.3, -0.25) is 4.79 Å². The third kappa shape index (κ3) is 6.11. The van der Waals surface area contributed by atoms with Gasteiger partial charge in [0.25, 0.3) is 0 Å². The van der Waals surface area contributed by atoms with Crippen molar-refractivity contribution in [3.05, 3.63) is 54.1 Å². The number of carboxylic acids is 1. The number of piperidine rings is 1. The van der Waals surface area contributed by atoms with Crippen LogP contribution >= 0.6 is 0 Å². The highest BCUT2D eigenvalue weighted by Crippen LogP contribution is 2.36. The fourth-order valence-electron chi connectivity index (χ4n) is 5.84. The first kappa shape index (κ1) is 26.1. The average molecular weight is 518 g/mol. The van der Waals surface area contributed by atoms with E-state index >= 15 is 0 Å². The van der Waals surface area contributed by atoms with Crippen LogP contribution in [0.4, 0.5) is 11.6 Å². The van der Waals surface area contributed by atoms with Gasteiger partial charge in [-0.05, 0) is 61.4 Å². The van der Waals surface area contributed by atoms with Gasteiger partial charge in [0.2, 0.25) is 11.9 Å². The summed E-state index contributed by atoms with van der Waals surface area (Å²) in [7, 11) is 0. The van der Waals surface area contributed by atoms with Crippen molar-refractivity contribution >= 4 is 34.5 Å². The van der Waals surface area contributed by atoms with Crippen LogP contribution in [0.3, 0.4) is 0 Å². The summed E-state index contributed by atoms with van der Waals surface area (Å²) in [4.78, 5) is 35.1. The third-order valence-corrected chi connectivity index (χ3v) is 8.41. The zero-order valence-electron chi connectivity index (χ0n) is 22.2. The summed E-state index contributed by atoms with van der Waals surface area (Å²) in [5.41, 5.74) is 3.64. The molecule has 8 heteroatoms. The molecule has 1 aliphatic heterocycles. The van der Waals surface area contributed by atoms with Crippen molar-refractivity contribution in [3.8, 4) is 0 Å². The van der Waals surface area contributed by atoms with Gasteiger partial charge >= 0.3 is 5.97 Å². The number of hydrogen-bond donors (Lipinski definition) is 4. The molecule has 1 unspecified atom stereocenters. The quantitative estimate of drug-likeness (QED) is 0.319. The minimum Gasteiger partial charge on any atom is -0.480 e. The number of nitrogens with one attached hydrogen (secondary N) is 3. The van der Waals surface area contributed by atoms with Gasteiger partial charge in [0.15, 0.2) is 0 Å². The predicted molar refractivity (Wildman–Crippen MR) is 150 cm³/mol. The molecule has 2 aromatic carbocycles. The second-order valence-electron chi connectivity index (χ2n) is 11.3. The van der Waals surface area contributed by atoms with Crippen LogP contribution in [0.5, 0.6) is 0 Å². The molecule has 2 fully saturated rings. The molecule has 2 aliphatic rings. The standard InChI is InChI=1S/C30H39N5O3/c1-30(15-5-2-6-16-30)28(38)32-26(27(36)37)19-21-9-11-23(12-10-21)35-17-13-22(14-18-35)20-31-29-33-24-7-3-4-8-25(24)34-29/h3-4,7-12,22,26H,2,5-6,13-20H2,1H3,(H,32,38)(H,36,37)(H2,31,33,34). The largest absolute Gasteiger partial charge is 0.480 e. The number of nitrogens with zero attached hydrogens (tertiary/aromatic N) is 2. The Bertz CT molecular complexity index is 1210. The normalized spacial score (nSPS) is 18.7. The van der Waals surface area contributed by atoms with Crippen LogP contribution in [0.15, 0.2) is 48.5 Å². The van der Waals surface area contributed by atoms with E-state index in [-0.39, 0.29) is 12.3 Å². The zero-order valence-corrected chi connectivity index (χ0v) is 22.2. The molecule has 202 valence electrons. The van der Waals surface area contributed by atoms with Crippen LogP contribution in [-0.2, 0) is 16.0 Å². The monoisotopic (exact) mass is 517 g/mol. The van der Waals surface area contributed by atoms with Gasteiger partial charge in [0.1, 0.15) is 6.04 Å². The summed E-state index contributed by atoms with van der Waals surface area (Å²) >= 11 is 0. The first-order valence-corrected chi connectivity index (χ1v) is 14.0. The molecule has 1 amide bonds. The number of para-hydroxylation sites is 2. The van der Waals surface area contributed by atoms with E-state index in [9.17, 15) is 14.7 Å². The van der Waals surface area contributed by atoms with E-state index in [4.69, 9.17) is 0 Å². The SMILES string of the molecule is CC1(C(=O)NC(Cc2ccc(N3CCC(CNc4nc5ccccc5[nH]4)CC3)cc2)C(=O)O)CCCCC1. The molecule has 0 spiro atoms. The van der Waals surface area contributed by atoms with E-state index in [1.807, 2.05) is 43.3 Å². The lowest BCUT2D eigenvalue weighted by atomic mass is 9.75. The van der Waals surface area contributed by atoms with Crippen molar-refractivity contribution in [2.45, 2.75) is 64.3 Å². The Kier molecular flexibility index (Phi) is 7.86. The van der Waals surface area contributed by atoms with Crippen LogP contribution in [0.1, 0.15) is 57.4 Å². The molecule has 1 saturated carbocycles. The molecule has 1 atom stereocenters. The number of aromatic nitrogens is 2. The summed E-state index contributed by atoms with van der Waals surface area (Å²) in [6.45, 7) is 4.83. The smallest absolute Gasteiger partial charge is 0.326 e. The molecule has 1 aromatic heterocycles. The number of carbonyl (C=O) groups excluding carboxylic acids is 1. The topological polar surface area (TPSA) is 110 Å². The van der Waals surface area contributed by atoms with E-state index in [0.29, 0.717) is 5.92 Å². The van der Waals surface area contributed by atoms with Crippen molar-refractivity contribution in [3.63, 3.8) is 0 Å². The summed E-state index contributed by atoms with van der Waals surface area (Å²) in [6, 6.07) is 15.3. The Balaban J connectivity index is 1.10. The van der Waals surface area contributed by atoms with Crippen LogP contribution in [0.2, 0.25) is 0 Å². The molecular weight excluding hydrogens is 478 g/mol. The number of amides is 1. The fraction of sp³-hybridized carbons (Fsp3) is 0.500. The Morgan fingerprint density at radius 3 is 2.47 bits per heavy atom. The van der Waals surface area contributed by atoms with Gasteiger partial charge < -0.3 is 25.6 Å². The highest BCUT2D eigenvalue weighted by molar-refractivity contribution is 5.87. The molecule has 8 nitrogen and oxygen atoms in total. The number of aliphatic carboxylic acids is 1. The molecule has 0 bridgehead atoms. The van der Waals surface area contributed by atoms with Crippen LogP contribution in [0.25, 0.3) is 11.0 Å². The number of benzene rings is 2. The fourth-order valence-corrected chi connectivity index (χ4v) is 5.84. The van der Waals surface area contributed by atoms with Crippen molar-refractivity contribution in [1.82, 2.24) is 15.3 Å². The number of rotatable bonds is 9. The number of anilines is 2. The maximum atomic E-state index is 12.9. The van der Waals surface area contributed by atoms with Gasteiger partial charge in [0, 0.05) is 37.2 Å². The summed E-state index contributed by atoms with van der Waals surface area (Å²) < 4.78 is 0. The van der Waals surface area contributed by atoms with Crippen LogP contribution in [0, 0.1) is 11.3 Å². The minimum absolute atomic E-state index is 0.126. The number of hydrogen-bond acceptors (Lipinski definition) is 5. The number of carboxylic acid groups (broad SMARTS) is 1. The van der Waals surface area contributed by atoms with E-state index in [0.717, 1.165) is 92.8 Å². The van der Waals surface area contributed by atoms with Gasteiger partial charge in [-0.2, -0.15) is 0 Å². The summed E-state index contributed by atoms with van der Waals surface area (Å²) in [6.07, 6.45) is 7.33. The van der Waals surface area contributed by atoms with E-state index in [1.165, 1.54) is 0 Å². The average Bonchev–Trinajstić information content (AvgIpc) is 3.36. The molecule has 3 aromatic rings. The Morgan fingerprint density at radius 1 is 1.08 bits per heavy atom. The van der Waals surface area contributed by atoms with Crippen molar-refractivity contribution in [2.75, 3.05) is 29.9 Å². The molecule has 38 heavy (non-hydrogen) atoms. The number of imidazole rings is 1. The predicted octanol–water partition coefficient (Wildman–Crippen LogP) is 4.97. The maximum absolute atomic E-state index is 12.9. The highest BCUT2D eigenvalue weighted by atomic mass is 16.4. The van der Waals surface area contributed by atoms with Crippen molar-refractivity contribution in [1.29, 1.82) is 0 Å². The molecule has 1 saturated heterocycles. The molecule has 2 heterocycles. The lowest BCUT2D eigenvalue weighted by Crippen LogP contribution is -2.49. The molecule has 5 rings (SSSR count). The first-order valence-electron chi connectivity index (χ1n) is 14.0. The van der Waals surface area contributed by atoms with Crippen molar-refractivity contribution in [2.24, 2.45) is 11.3 Å². The molecule has 1 aliphatic carbocycles. The summed E-state index contributed by atoms with van der Waals surface area (Å²) in [5.74, 6) is 0.302. The second-order valence-corrected chi connectivity index (χ2v) is 11.3. The Hall–Kier alpha value is -3.55. The number of fused-ring (bicyclic) bond motifs is 1. The maximum Gasteiger partial charge on any atom is 0.326 e. The lowest BCUT2D eigenvalue weighted by Gasteiger charge is -2.34. The molecular formula is C30H39N5O3. The third-order valence-electron chi connectivity index (χ3n) is 8.41. The van der Waals surface area contributed by atoms with Gasteiger partial charge in [-0.1, -0.05) is 50.5 Å². The Labute approximate surface area is 224 Å². The highest BCUT2D eigenvalue weighted by Gasteiger charge is 2.36. The van der Waals surface area contributed by atoms with Gasteiger partial charge in [0.05, 0.1) is 11.0 Å². The lowest BCUT2D eigenvalue weighted by molar-refractivity contribution is -0.144. The van der Waals surface area contributed by atoms with Gasteiger partial charge in [-0.15, -0.1) is 0 Å². The Morgan fingerprint density at radius 2 is 1.79 bits per heavy atom. The van der Waals surface area contributed by atoms with E-state index < -0.39 is 17.4 Å². The summed E-state index contributed by atoms with van der Waals surface area (Å²) in [5, 5.41) is 16.1.